The number of hydrogen-bond donors (Lipinski definition) is 2. The number of halogens is 1. The lowest BCUT2D eigenvalue weighted by Gasteiger charge is -2.26. The Morgan fingerprint density at radius 2 is 1.44 bits per heavy atom. The third kappa shape index (κ3) is 4.22. The van der Waals surface area contributed by atoms with Gasteiger partial charge in [-0.05, 0) is 35.9 Å². The van der Waals surface area contributed by atoms with E-state index >= 15 is 0 Å². The SMILES string of the molecule is NC(=O)C(N)(Sc1ccccc1)c1cc(Cl)cc(C(=O)c2ccccc2)c1. The van der Waals surface area contributed by atoms with Crippen molar-refractivity contribution >= 4 is 35.1 Å². The number of benzene rings is 3. The number of rotatable bonds is 6. The van der Waals surface area contributed by atoms with E-state index in [0.717, 1.165) is 16.7 Å². The Labute approximate surface area is 166 Å². The van der Waals surface area contributed by atoms with Crippen LogP contribution in [0.15, 0.2) is 83.8 Å². The van der Waals surface area contributed by atoms with Crippen LogP contribution in [0.1, 0.15) is 21.5 Å². The Morgan fingerprint density at radius 3 is 2.04 bits per heavy atom. The predicted octanol–water partition coefficient (Wildman–Crippen LogP) is 3.96. The fourth-order valence-electron chi connectivity index (χ4n) is 2.62. The molecule has 27 heavy (non-hydrogen) atoms. The summed E-state index contributed by atoms with van der Waals surface area (Å²) in [7, 11) is 0. The van der Waals surface area contributed by atoms with Gasteiger partial charge in [-0.25, -0.2) is 0 Å². The molecule has 0 bridgehead atoms. The molecule has 1 unspecified atom stereocenters. The minimum atomic E-state index is -1.57. The van der Waals surface area contributed by atoms with Crippen molar-refractivity contribution in [3.63, 3.8) is 0 Å². The summed E-state index contributed by atoms with van der Waals surface area (Å²) >= 11 is 7.34. The van der Waals surface area contributed by atoms with Gasteiger partial charge in [0.15, 0.2) is 10.7 Å². The highest BCUT2D eigenvalue weighted by Crippen LogP contribution is 2.38. The minimum absolute atomic E-state index is 0.212. The Morgan fingerprint density at radius 1 is 0.852 bits per heavy atom. The summed E-state index contributed by atoms with van der Waals surface area (Å²) in [6.45, 7) is 0. The molecule has 4 N–H and O–H groups in total. The zero-order valence-electron chi connectivity index (χ0n) is 14.3. The summed E-state index contributed by atoms with van der Waals surface area (Å²) in [5, 5.41) is 0.302. The molecule has 0 aliphatic carbocycles. The van der Waals surface area contributed by atoms with Crippen LogP contribution in [0.25, 0.3) is 0 Å². The fourth-order valence-corrected chi connectivity index (χ4v) is 3.85. The van der Waals surface area contributed by atoms with Gasteiger partial charge in [-0.15, -0.1) is 0 Å². The molecule has 3 aromatic carbocycles. The predicted molar refractivity (Wildman–Crippen MR) is 109 cm³/mol. The van der Waals surface area contributed by atoms with Gasteiger partial charge in [0, 0.05) is 21.0 Å². The molecular weight excluding hydrogens is 380 g/mol. The van der Waals surface area contributed by atoms with E-state index in [2.05, 4.69) is 0 Å². The Balaban J connectivity index is 2.05. The second-order valence-electron chi connectivity index (χ2n) is 5.94. The lowest BCUT2D eigenvalue weighted by molar-refractivity contribution is -0.120. The quantitative estimate of drug-likeness (QED) is 0.375. The highest BCUT2D eigenvalue weighted by atomic mass is 35.5. The maximum Gasteiger partial charge on any atom is 0.253 e. The Hall–Kier alpha value is -2.60. The molecule has 0 spiro atoms. The first-order chi connectivity index (χ1) is 12.9. The summed E-state index contributed by atoms with van der Waals surface area (Å²) in [5.41, 5.74) is 13.2. The number of carbonyl (C=O) groups is 2. The molecule has 0 aliphatic rings. The zero-order chi connectivity index (χ0) is 19.4. The Bertz CT molecular complexity index is 980. The van der Waals surface area contributed by atoms with Gasteiger partial charge in [-0.2, -0.15) is 0 Å². The summed E-state index contributed by atoms with van der Waals surface area (Å²) in [4.78, 5) is 24.2. The molecule has 0 aromatic heterocycles. The third-order valence-corrected chi connectivity index (χ3v) is 5.50. The van der Waals surface area contributed by atoms with Crippen LogP contribution in [0, 0.1) is 0 Å². The third-order valence-electron chi connectivity index (χ3n) is 4.01. The smallest absolute Gasteiger partial charge is 0.253 e. The molecule has 136 valence electrons. The van der Waals surface area contributed by atoms with Crippen LogP contribution in [0.4, 0.5) is 0 Å². The van der Waals surface area contributed by atoms with E-state index < -0.39 is 10.8 Å². The number of carbonyl (C=O) groups excluding carboxylic acids is 2. The maximum absolute atomic E-state index is 12.8. The van der Waals surface area contributed by atoms with E-state index in [1.165, 1.54) is 0 Å². The molecule has 0 saturated heterocycles. The van der Waals surface area contributed by atoms with Crippen molar-refractivity contribution in [2.75, 3.05) is 0 Å². The molecule has 3 rings (SSSR count). The lowest BCUT2D eigenvalue weighted by Crippen LogP contribution is -2.46. The summed E-state index contributed by atoms with van der Waals surface area (Å²) in [6, 6.07) is 22.7. The van der Waals surface area contributed by atoms with Crippen molar-refractivity contribution in [3.8, 4) is 0 Å². The topological polar surface area (TPSA) is 86.2 Å². The highest BCUT2D eigenvalue weighted by Gasteiger charge is 2.36. The highest BCUT2D eigenvalue weighted by molar-refractivity contribution is 8.01. The van der Waals surface area contributed by atoms with Crippen molar-refractivity contribution in [1.82, 2.24) is 0 Å². The van der Waals surface area contributed by atoms with Crippen molar-refractivity contribution in [2.45, 2.75) is 9.77 Å². The van der Waals surface area contributed by atoms with E-state index in [1.807, 2.05) is 36.4 Å². The van der Waals surface area contributed by atoms with Crippen LogP contribution in [0.3, 0.4) is 0 Å². The van der Waals surface area contributed by atoms with Gasteiger partial charge in [0.25, 0.3) is 5.91 Å². The first kappa shape index (κ1) is 19.2. The fraction of sp³-hybridized carbons (Fsp3) is 0.0476. The molecule has 3 aromatic rings. The minimum Gasteiger partial charge on any atom is -0.367 e. The number of hydrogen-bond acceptors (Lipinski definition) is 4. The molecule has 0 radical (unpaired) electrons. The average molecular weight is 397 g/mol. The first-order valence-electron chi connectivity index (χ1n) is 8.14. The van der Waals surface area contributed by atoms with Crippen LogP contribution in [-0.4, -0.2) is 11.7 Å². The van der Waals surface area contributed by atoms with Crippen molar-refractivity contribution < 1.29 is 9.59 Å². The van der Waals surface area contributed by atoms with Gasteiger partial charge < -0.3 is 11.5 Å². The number of primary amides is 1. The largest absolute Gasteiger partial charge is 0.367 e. The van der Waals surface area contributed by atoms with Gasteiger partial charge in [0.2, 0.25) is 0 Å². The number of nitrogens with two attached hydrogens (primary N) is 2. The zero-order valence-corrected chi connectivity index (χ0v) is 15.8. The molecule has 0 heterocycles. The van der Waals surface area contributed by atoms with E-state index in [9.17, 15) is 9.59 Å². The van der Waals surface area contributed by atoms with E-state index in [-0.39, 0.29) is 5.78 Å². The van der Waals surface area contributed by atoms with Crippen LogP contribution < -0.4 is 11.5 Å². The average Bonchev–Trinajstić information content (AvgIpc) is 2.68. The van der Waals surface area contributed by atoms with Crippen LogP contribution in [0.5, 0.6) is 0 Å². The lowest BCUT2D eigenvalue weighted by atomic mass is 9.98. The normalized spacial score (nSPS) is 13.0. The summed E-state index contributed by atoms with van der Waals surface area (Å²) in [6.07, 6.45) is 0. The number of amides is 1. The van der Waals surface area contributed by atoms with Crippen LogP contribution >= 0.6 is 23.4 Å². The molecule has 1 amide bonds. The second kappa shape index (κ2) is 7.96. The standard InChI is InChI=1S/C21H17ClN2O2S/c22-17-12-15(19(25)14-7-3-1-4-8-14)11-16(13-17)21(24,20(23)26)27-18-9-5-2-6-10-18/h1-13H,24H2,(H2,23,26). The monoisotopic (exact) mass is 396 g/mol. The molecule has 0 saturated carbocycles. The van der Waals surface area contributed by atoms with Gasteiger partial charge >= 0.3 is 0 Å². The van der Waals surface area contributed by atoms with Crippen molar-refractivity contribution in [1.29, 1.82) is 0 Å². The Kier molecular flexibility index (Phi) is 5.65. The van der Waals surface area contributed by atoms with Gasteiger partial charge in [0.05, 0.1) is 0 Å². The summed E-state index contributed by atoms with van der Waals surface area (Å²) < 4.78 is 0. The van der Waals surface area contributed by atoms with Crippen molar-refractivity contribution in [3.05, 3.63) is 101 Å². The van der Waals surface area contributed by atoms with Crippen LogP contribution in [-0.2, 0) is 9.67 Å². The number of thioether (sulfide) groups is 1. The molecule has 1 atom stereocenters. The molecule has 0 aliphatic heterocycles. The van der Waals surface area contributed by atoms with Crippen LogP contribution in [0.2, 0.25) is 5.02 Å². The molecule has 4 nitrogen and oxygen atoms in total. The van der Waals surface area contributed by atoms with E-state index in [1.54, 1.807) is 42.5 Å². The molecular formula is C21H17ClN2O2S. The summed E-state index contributed by atoms with van der Waals surface area (Å²) in [5.74, 6) is -0.937. The molecule has 0 fully saturated rings. The maximum atomic E-state index is 12.8. The number of ketones is 1. The van der Waals surface area contributed by atoms with Gasteiger partial charge in [-0.1, -0.05) is 71.9 Å². The first-order valence-corrected chi connectivity index (χ1v) is 9.33. The van der Waals surface area contributed by atoms with Gasteiger partial charge in [-0.3, -0.25) is 9.59 Å². The van der Waals surface area contributed by atoms with E-state index in [0.29, 0.717) is 21.7 Å². The van der Waals surface area contributed by atoms with Crippen molar-refractivity contribution in [2.24, 2.45) is 11.5 Å². The van der Waals surface area contributed by atoms with Gasteiger partial charge in [0.1, 0.15) is 0 Å². The van der Waals surface area contributed by atoms with E-state index in [4.69, 9.17) is 23.1 Å². The second-order valence-corrected chi connectivity index (χ2v) is 7.69. The molecule has 6 heteroatoms.